The van der Waals surface area contributed by atoms with Gasteiger partial charge < -0.3 is 0 Å². The first kappa shape index (κ1) is 16.2. The quantitative estimate of drug-likeness (QED) is 0.265. The van der Waals surface area contributed by atoms with E-state index < -0.39 is 0 Å². The van der Waals surface area contributed by atoms with Gasteiger partial charge >= 0.3 is 0 Å². The third-order valence-electron chi connectivity index (χ3n) is 2.72. The Labute approximate surface area is 116 Å². The van der Waals surface area contributed by atoms with Gasteiger partial charge in [0.25, 0.3) is 0 Å². The topological polar surface area (TPSA) is 0 Å². The second kappa shape index (κ2) is 11.7. The van der Waals surface area contributed by atoms with E-state index in [9.17, 15) is 0 Å². The van der Waals surface area contributed by atoms with Crippen LogP contribution in [-0.4, -0.2) is 0 Å². The average Bonchev–Trinajstić information content (AvgIpc) is 2.29. The Bertz CT molecular complexity index is 203. The fraction of sp³-hybridized carbons (Fsp3) is 0.733. The third kappa shape index (κ3) is 8.37. The maximum Gasteiger partial charge on any atom is 0.00728 e. The maximum absolute atomic E-state index is 2.53. The molecule has 0 aliphatic rings. The summed E-state index contributed by atoms with van der Waals surface area (Å²) in [5, 5.41) is 0. The summed E-state index contributed by atoms with van der Waals surface area (Å²) in [6, 6.07) is 0. The normalized spacial score (nSPS) is 14.6. The zero-order valence-electron chi connectivity index (χ0n) is 11.1. The molecule has 0 amide bonds. The lowest BCUT2D eigenvalue weighted by Crippen LogP contribution is -1.96. The predicted octanol–water partition coefficient (Wildman–Crippen LogP) is 6.27. The Balaban J connectivity index is 4.23. The van der Waals surface area contributed by atoms with Gasteiger partial charge in [-0.05, 0) is 45.4 Å². The van der Waals surface area contributed by atoms with E-state index in [4.69, 9.17) is 0 Å². The molecular formula is C15H27I. The van der Waals surface area contributed by atoms with Gasteiger partial charge in [-0.25, -0.2) is 0 Å². The number of allylic oxidation sites excluding steroid dienone is 4. The number of hydrogen-bond donors (Lipinski definition) is 0. The van der Waals surface area contributed by atoms with Crippen LogP contribution in [0.5, 0.6) is 0 Å². The van der Waals surface area contributed by atoms with Crippen molar-refractivity contribution < 1.29 is 0 Å². The lowest BCUT2D eigenvalue weighted by atomic mass is 10.00. The van der Waals surface area contributed by atoms with Crippen molar-refractivity contribution in [1.29, 1.82) is 0 Å². The smallest absolute Gasteiger partial charge is 0.00728 e. The summed E-state index contributed by atoms with van der Waals surface area (Å²) in [4.78, 5) is 0. The summed E-state index contributed by atoms with van der Waals surface area (Å²) in [7, 11) is 0. The van der Waals surface area contributed by atoms with Crippen LogP contribution in [0.3, 0.4) is 0 Å². The molecule has 1 unspecified atom stereocenters. The van der Waals surface area contributed by atoms with Crippen LogP contribution in [0.1, 0.15) is 65.7 Å². The highest BCUT2D eigenvalue weighted by Crippen LogP contribution is 2.26. The van der Waals surface area contributed by atoms with E-state index in [1.54, 1.807) is 3.58 Å². The monoisotopic (exact) mass is 334 g/mol. The van der Waals surface area contributed by atoms with E-state index in [1.807, 2.05) is 0 Å². The molecule has 0 saturated heterocycles. The van der Waals surface area contributed by atoms with E-state index in [-0.39, 0.29) is 0 Å². The van der Waals surface area contributed by atoms with E-state index in [0.717, 1.165) is 6.42 Å². The van der Waals surface area contributed by atoms with Gasteiger partial charge in [0.15, 0.2) is 0 Å². The van der Waals surface area contributed by atoms with Gasteiger partial charge in [0.05, 0.1) is 0 Å². The molecule has 0 fully saturated rings. The van der Waals surface area contributed by atoms with Crippen molar-refractivity contribution in [1.82, 2.24) is 0 Å². The molecule has 0 spiro atoms. The molecule has 1 heteroatoms. The minimum atomic E-state index is 0.678. The van der Waals surface area contributed by atoms with E-state index in [1.165, 1.54) is 38.5 Å². The van der Waals surface area contributed by atoms with Crippen molar-refractivity contribution >= 4 is 22.6 Å². The minimum Gasteiger partial charge on any atom is -0.0882 e. The Kier molecular flexibility index (Phi) is 11.8. The third-order valence-corrected chi connectivity index (χ3v) is 3.96. The molecule has 0 aliphatic carbocycles. The fourth-order valence-electron chi connectivity index (χ4n) is 1.65. The van der Waals surface area contributed by atoms with Crippen molar-refractivity contribution in [3.63, 3.8) is 0 Å². The average molecular weight is 334 g/mol. The van der Waals surface area contributed by atoms with Crippen LogP contribution >= 0.6 is 22.6 Å². The molecule has 94 valence electrons. The lowest BCUT2D eigenvalue weighted by molar-refractivity contribution is 0.635. The maximum atomic E-state index is 2.53. The summed E-state index contributed by atoms with van der Waals surface area (Å²) >= 11 is 2.53. The SMILES string of the molecule is CC/C=C\C(CCCC)/C(I)=C\CCCC. The summed E-state index contributed by atoms with van der Waals surface area (Å²) in [5.41, 5.74) is 0. The van der Waals surface area contributed by atoms with Crippen LogP contribution in [0, 0.1) is 5.92 Å². The second-order valence-electron chi connectivity index (χ2n) is 4.32. The van der Waals surface area contributed by atoms with Gasteiger partial charge in [-0.15, -0.1) is 0 Å². The van der Waals surface area contributed by atoms with Gasteiger partial charge in [0, 0.05) is 5.92 Å². The van der Waals surface area contributed by atoms with E-state index in [0.29, 0.717) is 5.92 Å². The standard InChI is InChI=1S/C15H27I/c1-4-7-10-13-15(16)14(11-8-5-2)12-9-6-3/h8,11,13-14H,4-7,9-10,12H2,1-3H3/b11-8-,15-13+. The van der Waals surface area contributed by atoms with Gasteiger partial charge in [-0.2, -0.15) is 0 Å². The molecule has 0 aromatic rings. The molecule has 0 heterocycles. The Hall–Kier alpha value is 0.210. The molecule has 1 atom stereocenters. The molecule has 0 N–H and O–H groups in total. The summed E-state index contributed by atoms with van der Waals surface area (Å²) < 4.78 is 1.55. The van der Waals surface area contributed by atoms with Crippen LogP contribution in [0.15, 0.2) is 21.8 Å². The highest BCUT2D eigenvalue weighted by atomic mass is 127. The van der Waals surface area contributed by atoms with Crippen molar-refractivity contribution in [2.75, 3.05) is 0 Å². The largest absolute Gasteiger partial charge is 0.0882 e. The van der Waals surface area contributed by atoms with Crippen LogP contribution < -0.4 is 0 Å². The second-order valence-corrected chi connectivity index (χ2v) is 5.56. The van der Waals surface area contributed by atoms with E-state index in [2.05, 4.69) is 61.6 Å². The zero-order valence-corrected chi connectivity index (χ0v) is 13.3. The van der Waals surface area contributed by atoms with Crippen molar-refractivity contribution in [3.8, 4) is 0 Å². The molecule has 0 radical (unpaired) electrons. The van der Waals surface area contributed by atoms with Crippen LogP contribution in [0.25, 0.3) is 0 Å². The summed E-state index contributed by atoms with van der Waals surface area (Å²) in [6.45, 7) is 6.74. The van der Waals surface area contributed by atoms with Gasteiger partial charge in [0.1, 0.15) is 0 Å². The molecular weight excluding hydrogens is 307 g/mol. The van der Waals surface area contributed by atoms with E-state index >= 15 is 0 Å². The number of hydrogen-bond acceptors (Lipinski definition) is 0. The molecule has 0 aromatic heterocycles. The number of unbranched alkanes of at least 4 members (excludes halogenated alkanes) is 3. The van der Waals surface area contributed by atoms with Crippen LogP contribution in [0.2, 0.25) is 0 Å². The summed E-state index contributed by atoms with van der Waals surface area (Å²) in [6.07, 6.45) is 16.1. The van der Waals surface area contributed by atoms with Crippen molar-refractivity contribution in [3.05, 3.63) is 21.8 Å². The Morgan fingerprint density at radius 2 is 1.81 bits per heavy atom. The molecule has 0 rings (SSSR count). The van der Waals surface area contributed by atoms with Gasteiger partial charge in [-0.1, -0.05) is 64.7 Å². The number of halogens is 1. The van der Waals surface area contributed by atoms with Crippen molar-refractivity contribution in [2.24, 2.45) is 5.92 Å². The molecule has 0 aromatic carbocycles. The summed E-state index contributed by atoms with van der Waals surface area (Å²) in [5.74, 6) is 0.678. The van der Waals surface area contributed by atoms with Gasteiger partial charge in [-0.3, -0.25) is 0 Å². The van der Waals surface area contributed by atoms with Crippen molar-refractivity contribution in [2.45, 2.75) is 65.7 Å². The highest BCUT2D eigenvalue weighted by molar-refractivity contribution is 14.1. The zero-order chi connectivity index (χ0) is 12.2. The minimum absolute atomic E-state index is 0.678. The highest BCUT2D eigenvalue weighted by Gasteiger charge is 2.07. The fourth-order valence-corrected chi connectivity index (χ4v) is 2.48. The van der Waals surface area contributed by atoms with Crippen LogP contribution in [0.4, 0.5) is 0 Å². The first-order chi connectivity index (χ1) is 7.76. The molecule has 0 bridgehead atoms. The number of rotatable bonds is 9. The first-order valence-corrected chi connectivity index (χ1v) is 7.86. The molecule has 0 nitrogen and oxygen atoms in total. The van der Waals surface area contributed by atoms with Gasteiger partial charge in [0.2, 0.25) is 0 Å². The molecule has 16 heavy (non-hydrogen) atoms. The predicted molar refractivity (Wildman–Crippen MR) is 84.1 cm³/mol. The van der Waals surface area contributed by atoms with Crippen LogP contribution in [-0.2, 0) is 0 Å². The Morgan fingerprint density at radius 1 is 1.12 bits per heavy atom. The molecule has 0 aliphatic heterocycles. The lowest BCUT2D eigenvalue weighted by Gasteiger charge is -2.12. The first-order valence-electron chi connectivity index (χ1n) is 6.78. The Morgan fingerprint density at radius 3 is 2.38 bits per heavy atom. The molecule has 0 saturated carbocycles.